The summed E-state index contributed by atoms with van der Waals surface area (Å²) in [7, 11) is 0. The summed E-state index contributed by atoms with van der Waals surface area (Å²) in [6.07, 6.45) is 2.33. The Morgan fingerprint density at radius 2 is 2.23 bits per heavy atom. The van der Waals surface area contributed by atoms with E-state index >= 15 is 0 Å². The fraction of sp³-hybridized carbons (Fsp3) is 0.278. The van der Waals surface area contributed by atoms with Crippen LogP contribution in [0.25, 0.3) is 10.2 Å². The lowest BCUT2D eigenvalue weighted by Gasteiger charge is -2.23. The summed E-state index contributed by atoms with van der Waals surface area (Å²) in [4.78, 5) is 33.3. The first-order valence-electron chi connectivity index (χ1n) is 8.22. The molecule has 0 aliphatic carbocycles. The fourth-order valence-corrected chi connectivity index (χ4v) is 4.99. The van der Waals surface area contributed by atoms with Gasteiger partial charge in [0.05, 0.1) is 17.4 Å². The highest BCUT2D eigenvalue weighted by molar-refractivity contribution is 8.00. The van der Waals surface area contributed by atoms with Crippen molar-refractivity contribution in [2.45, 2.75) is 30.0 Å². The highest BCUT2D eigenvalue weighted by Crippen LogP contribution is 2.39. The van der Waals surface area contributed by atoms with E-state index in [-0.39, 0.29) is 18.0 Å². The molecule has 0 fully saturated rings. The van der Waals surface area contributed by atoms with E-state index in [0.717, 1.165) is 17.0 Å². The van der Waals surface area contributed by atoms with Crippen LogP contribution in [0.15, 0.2) is 45.7 Å². The third-order valence-corrected chi connectivity index (χ3v) is 6.65. The van der Waals surface area contributed by atoms with E-state index in [2.05, 4.69) is 11.9 Å². The van der Waals surface area contributed by atoms with Gasteiger partial charge in [-0.15, -0.1) is 23.1 Å². The SMILES string of the molecule is CC1CCN(C(=O)Cn2cnc3sccc3c2=O)c2cc(Cl)ccc2S1. The maximum atomic E-state index is 13.0. The Balaban J connectivity index is 1.68. The molecule has 1 atom stereocenters. The number of nitrogens with zero attached hydrogens (tertiary/aromatic N) is 3. The van der Waals surface area contributed by atoms with Crippen LogP contribution < -0.4 is 10.5 Å². The smallest absolute Gasteiger partial charge is 0.262 e. The Hall–Kier alpha value is -1.83. The van der Waals surface area contributed by atoms with Gasteiger partial charge in [-0.3, -0.25) is 14.2 Å². The largest absolute Gasteiger partial charge is 0.310 e. The van der Waals surface area contributed by atoms with Gasteiger partial charge in [0.2, 0.25) is 5.91 Å². The van der Waals surface area contributed by atoms with Gasteiger partial charge in [-0.05, 0) is 36.1 Å². The molecule has 4 rings (SSSR count). The summed E-state index contributed by atoms with van der Waals surface area (Å²) in [5, 5.41) is 3.37. The Labute approximate surface area is 163 Å². The topological polar surface area (TPSA) is 55.2 Å². The Morgan fingerprint density at radius 3 is 3.08 bits per heavy atom. The first-order valence-corrected chi connectivity index (χ1v) is 10.4. The molecule has 3 aromatic rings. The quantitative estimate of drug-likeness (QED) is 0.646. The third kappa shape index (κ3) is 3.26. The number of rotatable bonds is 2. The summed E-state index contributed by atoms with van der Waals surface area (Å²) in [5.74, 6) is -0.137. The number of thioether (sulfide) groups is 1. The molecule has 0 radical (unpaired) electrons. The molecule has 5 nitrogen and oxygen atoms in total. The van der Waals surface area contributed by atoms with Crippen molar-refractivity contribution in [2.24, 2.45) is 0 Å². The van der Waals surface area contributed by atoms with Gasteiger partial charge < -0.3 is 4.90 Å². The van der Waals surface area contributed by atoms with Gasteiger partial charge >= 0.3 is 0 Å². The second-order valence-electron chi connectivity index (χ2n) is 6.19. The molecular formula is C18H16ClN3O2S2. The van der Waals surface area contributed by atoms with Crippen molar-refractivity contribution in [1.29, 1.82) is 0 Å². The molecule has 0 N–H and O–H groups in total. The van der Waals surface area contributed by atoms with E-state index < -0.39 is 0 Å². The molecule has 0 saturated heterocycles. The predicted molar refractivity (Wildman–Crippen MR) is 108 cm³/mol. The summed E-state index contributed by atoms with van der Waals surface area (Å²) >= 11 is 9.32. The van der Waals surface area contributed by atoms with Crippen LogP contribution in [0.1, 0.15) is 13.3 Å². The normalized spacial score (nSPS) is 17.2. The predicted octanol–water partition coefficient (Wildman–Crippen LogP) is 4.03. The number of fused-ring (bicyclic) bond motifs is 2. The molecule has 1 aliphatic rings. The number of thiophene rings is 1. The maximum Gasteiger partial charge on any atom is 0.262 e. The van der Waals surface area contributed by atoms with Crippen molar-refractivity contribution in [3.8, 4) is 0 Å². The highest BCUT2D eigenvalue weighted by Gasteiger charge is 2.25. The number of hydrogen-bond donors (Lipinski definition) is 0. The third-order valence-electron chi connectivity index (χ3n) is 4.36. The lowest BCUT2D eigenvalue weighted by atomic mass is 10.2. The molecule has 0 spiro atoms. The van der Waals surface area contributed by atoms with Crippen LogP contribution in [0.5, 0.6) is 0 Å². The van der Waals surface area contributed by atoms with E-state index in [1.165, 1.54) is 22.2 Å². The van der Waals surface area contributed by atoms with Gasteiger partial charge in [-0.25, -0.2) is 4.98 Å². The molecule has 0 saturated carbocycles. The van der Waals surface area contributed by atoms with Crippen molar-refractivity contribution in [3.63, 3.8) is 0 Å². The molecule has 2 aromatic heterocycles. The van der Waals surface area contributed by atoms with Gasteiger partial charge in [0.1, 0.15) is 11.4 Å². The monoisotopic (exact) mass is 405 g/mol. The number of amides is 1. The fourth-order valence-electron chi connectivity index (χ4n) is 3.00. The number of halogens is 1. The Bertz CT molecular complexity index is 1050. The van der Waals surface area contributed by atoms with E-state index in [0.29, 0.717) is 27.0 Å². The summed E-state index contributed by atoms with van der Waals surface area (Å²) < 4.78 is 1.38. The maximum absolute atomic E-state index is 13.0. The van der Waals surface area contributed by atoms with E-state index in [4.69, 9.17) is 11.6 Å². The van der Waals surface area contributed by atoms with Crippen molar-refractivity contribution in [3.05, 3.63) is 51.3 Å². The van der Waals surface area contributed by atoms with Crippen LogP contribution in [0.3, 0.4) is 0 Å². The Morgan fingerprint density at radius 1 is 1.38 bits per heavy atom. The lowest BCUT2D eigenvalue weighted by molar-refractivity contribution is -0.119. The highest BCUT2D eigenvalue weighted by atomic mass is 35.5. The number of hydrogen-bond acceptors (Lipinski definition) is 5. The van der Waals surface area contributed by atoms with Gasteiger partial charge in [-0.1, -0.05) is 18.5 Å². The van der Waals surface area contributed by atoms with Crippen LogP contribution >= 0.6 is 34.7 Å². The van der Waals surface area contributed by atoms with E-state index in [1.807, 2.05) is 23.6 Å². The molecule has 1 unspecified atom stereocenters. The molecule has 26 heavy (non-hydrogen) atoms. The molecule has 8 heteroatoms. The molecular weight excluding hydrogens is 390 g/mol. The number of carbonyl (C=O) groups is 1. The van der Waals surface area contributed by atoms with Crippen molar-refractivity contribution in [2.75, 3.05) is 11.4 Å². The minimum atomic E-state index is -0.187. The van der Waals surface area contributed by atoms with Crippen LogP contribution in [-0.4, -0.2) is 27.3 Å². The zero-order valence-electron chi connectivity index (χ0n) is 14.0. The Kier molecular flexibility index (Phi) is 4.77. The minimum Gasteiger partial charge on any atom is -0.310 e. The van der Waals surface area contributed by atoms with Gasteiger partial charge in [0, 0.05) is 21.7 Å². The lowest BCUT2D eigenvalue weighted by Crippen LogP contribution is -2.37. The summed E-state index contributed by atoms with van der Waals surface area (Å²) in [6, 6.07) is 7.36. The zero-order chi connectivity index (χ0) is 18.3. The first kappa shape index (κ1) is 17.6. The van der Waals surface area contributed by atoms with Crippen molar-refractivity contribution < 1.29 is 4.79 Å². The average molecular weight is 406 g/mol. The van der Waals surface area contributed by atoms with Crippen LogP contribution in [0.2, 0.25) is 5.02 Å². The average Bonchev–Trinajstić information content (AvgIpc) is 3.03. The molecule has 1 aromatic carbocycles. The van der Waals surface area contributed by atoms with Crippen molar-refractivity contribution in [1.82, 2.24) is 9.55 Å². The minimum absolute atomic E-state index is 0.0391. The second kappa shape index (κ2) is 7.06. The van der Waals surface area contributed by atoms with Crippen LogP contribution in [0, 0.1) is 0 Å². The zero-order valence-corrected chi connectivity index (χ0v) is 16.4. The molecule has 134 valence electrons. The number of aromatic nitrogens is 2. The standard InChI is InChI=1S/C18H16ClN3O2S2/c1-11-4-6-22(14-8-12(19)2-3-15(14)26-11)16(23)9-21-10-20-17-13(18(21)24)5-7-25-17/h2-3,5,7-8,10-11H,4,6,9H2,1H3. The molecule has 1 aliphatic heterocycles. The summed E-state index contributed by atoms with van der Waals surface area (Å²) in [5.41, 5.74) is 0.628. The van der Waals surface area contributed by atoms with E-state index in [1.54, 1.807) is 22.7 Å². The number of benzene rings is 1. The molecule has 0 bridgehead atoms. The number of carbonyl (C=O) groups excluding carboxylic acids is 1. The first-order chi connectivity index (χ1) is 12.5. The van der Waals surface area contributed by atoms with Gasteiger partial charge in [-0.2, -0.15) is 0 Å². The molecule has 1 amide bonds. The van der Waals surface area contributed by atoms with Crippen LogP contribution in [0.4, 0.5) is 5.69 Å². The van der Waals surface area contributed by atoms with Gasteiger partial charge in [0.25, 0.3) is 5.56 Å². The van der Waals surface area contributed by atoms with Crippen molar-refractivity contribution >= 4 is 56.5 Å². The summed E-state index contributed by atoms with van der Waals surface area (Å²) in [6.45, 7) is 2.71. The van der Waals surface area contributed by atoms with Gasteiger partial charge in [0.15, 0.2) is 0 Å². The van der Waals surface area contributed by atoms with Crippen LogP contribution in [-0.2, 0) is 11.3 Å². The second-order valence-corrected chi connectivity index (χ2v) is 9.00. The van der Waals surface area contributed by atoms with E-state index in [9.17, 15) is 9.59 Å². The molecule has 3 heterocycles. The number of anilines is 1.